The molecular weight excluding hydrogens is 384 g/mol. The maximum atomic E-state index is 13.4. The van der Waals surface area contributed by atoms with Crippen molar-refractivity contribution >= 4 is 17.5 Å². The molecule has 4 nitrogen and oxygen atoms in total. The molecule has 0 fully saturated rings. The Bertz CT molecular complexity index is 1040. The fraction of sp³-hybridized carbons (Fsp3) is 0.259. The molecule has 0 saturated heterocycles. The summed E-state index contributed by atoms with van der Waals surface area (Å²) in [6.07, 6.45) is 0.322. The van der Waals surface area contributed by atoms with E-state index in [-0.39, 0.29) is 17.9 Å². The average Bonchev–Trinajstić information content (AvgIpc) is 2.72. The molecule has 160 valence electrons. The Labute approximate surface area is 184 Å². The van der Waals surface area contributed by atoms with Crippen molar-refractivity contribution in [2.75, 3.05) is 4.90 Å². The van der Waals surface area contributed by atoms with Gasteiger partial charge in [-0.2, -0.15) is 0 Å². The first-order chi connectivity index (χ1) is 14.8. The SMILES string of the molecule is Cc1ccc(C(=O)N(Cc2cccc(C)c2)c2ccc(CC(=O)NC(C)C)cc2)cc1. The van der Waals surface area contributed by atoms with Crippen LogP contribution >= 0.6 is 0 Å². The average molecular weight is 415 g/mol. The summed E-state index contributed by atoms with van der Waals surface area (Å²) in [5.41, 5.74) is 5.72. The molecule has 3 rings (SSSR count). The summed E-state index contributed by atoms with van der Waals surface area (Å²) < 4.78 is 0. The second-order valence-corrected chi connectivity index (χ2v) is 8.31. The fourth-order valence-corrected chi connectivity index (χ4v) is 3.48. The molecule has 0 saturated carbocycles. The van der Waals surface area contributed by atoms with Crippen LogP contribution in [0.1, 0.15) is 46.5 Å². The van der Waals surface area contributed by atoms with Gasteiger partial charge in [-0.05, 0) is 63.1 Å². The summed E-state index contributed by atoms with van der Waals surface area (Å²) in [6, 6.07) is 23.6. The van der Waals surface area contributed by atoms with Crippen LogP contribution in [0.2, 0.25) is 0 Å². The van der Waals surface area contributed by atoms with Crippen molar-refractivity contribution in [3.05, 3.63) is 101 Å². The van der Waals surface area contributed by atoms with Crippen LogP contribution < -0.4 is 10.2 Å². The Kier molecular flexibility index (Phi) is 7.24. The van der Waals surface area contributed by atoms with Gasteiger partial charge in [-0.15, -0.1) is 0 Å². The lowest BCUT2D eigenvalue weighted by Crippen LogP contribution is -2.31. The topological polar surface area (TPSA) is 49.4 Å². The predicted octanol–water partition coefficient (Wildman–Crippen LogP) is 5.22. The summed E-state index contributed by atoms with van der Waals surface area (Å²) in [6.45, 7) is 8.42. The molecule has 2 amide bonds. The van der Waals surface area contributed by atoms with Crippen molar-refractivity contribution in [2.24, 2.45) is 0 Å². The van der Waals surface area contributed by atoms with Gasteiger partial charge in [-0.1, -0.05) is 59.7 Å². The molecule has 0 spiro atoms. The molecule has 0 aliphatic carbocycles. The number of nitrogens with one attached hydrogen (secondary N) is 1. The van der Waals surface area contributed by atoms with E-state index in [1.54, 1.807) is 4.90 Å². The lowest BCUT2D eigenvalue weighted by atomic mass is 10.1. The number of carbonyl (C=O) groups is 2. The Morgan fingerprint density at radius 1 is 0.839 bits per heavy atom. The zero-order chi connectivity index (χ0) is 22.4. The third-order valence-corrected chi connectivity index (χ3v) is 5.03. The number of anilines is 1. The first kappa shape index (κ1) is 22.3. The number of hydrogen-bond acceptors (Lipinski definition) is 2. The number of hydrogen-bond donors (Lipinski definition) is 1. The van der Waals surface area contributed by atoms with Crippen LogP contribution in [0, 0.1) is 13.8 Å². The van der Waals surface area contributed by atoms with Gasteiger partial charge in [-0.25, -0.2) is 0 Å². The second kappa shape index (κ2) is 10.1. The molecule has 3 aromatic rings. The van der Waals surface area contributed by atoms with Crippen LogP contribution in [0.5, 0.6) is 0 Å². The van der Waals surface area contributed by atoms with E-state index in [2.05, 4.69) is 11.4 Å². The van der Waals surface area contributed by atoms with E-state index in [9.17, 15) is 9.59 Å². The van der Waals surface area contributed by atoms with E-state index >= 15 is 0 Å². The van der Waals surface area contributed by atoms with Gasteiger partial charge in [0.05, 0.1) is 13.0 Å². The smallest absolute Gasteiger partial charge is 0.258 e. The van der Waals surface area contributed by atoms with Gasteiger partial charge in [0.25, 0.3) is 5.91 Å². The molecule has 31 heavy (non-hydrogen) atoms. The fourth-order valence-electron chi connectivity index (χ4n) is 3.48. The van der Waals surface area contributed by atoms with Crippen molar-refractivity contribution in [1.29, 1.82) is 0 Å². The number of aryl methyl sites for hydroxylation is 2. The minimum absolute atomic E-state index is 0.00454. The molecule has 0 radical (unpaired) electrons. The molecule has 0 atom stereocenters. The van der Waals surface area contributed by atoms with E-state index < -0.39 is 0 Å². The number of amides is 2. The summed E-state index contributed by atoms with van der Waals surface area (Å²) >= 11 is 0. The Hall–Kier alpha value is -3.40. The molecule has 0 heterocycles. The van der Waals surface area contributed by atoms with Crippen LogP contribution in [0.25, 0.3) is 0 Å². The summed E-state index contributed by atoms with van der Waals surface area (Å²) in [7, 11) is 0. The van der Waals surface area contributed by atoms with E-state index in [0.717, 1.165) is 27.9 Å². The Balaban J connectivity index is 1.87. The molecule has 0 aromatic heterocycles. The first-order valence-corrected chi connectivity index (χ1v) is 10.6. The van der Waals surface area contributed by atoms with E-state index in [0.29, 0.717) is 18.5 Å². The zero-order valence-corrected chi connectivity index (χ0v) is 18.7. The second-order valence-electron chi connectivity index (χ2n) is 8.31. The molecule has 1 N–H and O–H groups in total. The lowest BCUT2D eigenvalue weighted by Gasteiger charge is -2.24. The third-order valence-electron chi connectivity index (χ3n) is 5.03. The van der Waals surface area contributed by atoms with Crippen LogP contribution in [0.4, 0.5) is 5.69 Å². The molecule has 3 aromatic carbocycles. The highest BCUT2D eigenvalue weighted by Gasteiger charge is 2.18. The molecule has 4 heteroatoms. The van der Waals surface area contributed by atoms with Crippen molar-refractivity contribution < 1.29 is 9.59 Å². The lowest BCUT2D eigenvalue weighted by molar-refractivity contribution is -0.120. The van der Waals surface area contributed by atoms with E-state index in [4.69, 9.17) is 0 Å². The summed E-state index contributed by atoms with van der Waals surface area (Å²) in [5, 5.41) is 2.91. The standard InChI is InChI=1S/C27H30N2O2/c1-19(2)28-26(30)17-22-10-14-25(15-11-22)29(18-23-7-5-6-21(4)16-23)27(31)24-12-8-20(3)9-13-24/h5-16,19H,17-18H2,1-4H3,(H,28,30). The number of carbonyl (C=O) groups excluding carboxylic acids is 2. The highest BCUT2D eigenvalue weighted by atomic mass is 16.2. The zero-order valence-electron chi connectivity index (χ0n) is 18.7. The van der Waals surface area contributed by atoms with Gasteiger partial charge in [0.1, 0.15) is 0 Å². The summed E-state index contributed by atoms with van der Waals surface area (Å²) in [5.74, 6) is -0.0538. The van der Waals surface area contributed by atoms with Gasteiger partial charge in [0, 0.05) is 17.3 Å². The maximum Gasteiger partial charge on any atom is 0.258 e. The van der Waals surface area contributed by atoms with E-state index in [1.807, 2.05) is 94.4 Å². The first-order valence-electron chi connectivity index (χ1n) is 10.6. The van der Waals surface area contributed by atoms with Crippen molar-refractivity contribution in [3.8, 4) is 0 Å². The minimum Gasteiger partial charge on any atom is -0.354 e. The number of benzene rings is 3. The maximum absolute atomic E-state index is 13.4. The van der Waals surface area contributed by atoms with Gasteiger partial charge in [-0.3, -0.25) is 9.59 Å². The summed E-state index contributed by atoms with van der Waals surface area (Å²) in [4.78, 5) is 27.2. The van der Waals surface area contributed by atoms with Gasteiger partial charge >= 0.3 is 0 Å². The molecular formula is C27H30N2O2. The minimum atomic E-state index is -0.0493. The van der Waals surface area contributed by atoms with Crippen molar-refractivity contribution in [3.63, 3.8) is 0 Å². The Morgan fingerprint density at radius 2 is 1.52 bits per heavy atom. The predicted molar refractivity (Wildman–Crippen MR) is 126 cm³/mol. The van der Waals surface area contributed by atoms with Crippen LogP contribution in [-0.2, 0) is 17.8 Å². The Morgan fingerprint density at radius 3 is 2.13 bits per heavy atom. The highest BCUT2D eigenvalue weighted by Crippen LogP contribution is 2.22. The third kappa shape index (κ3) is 6.29. The molecule has 0 unspecified atom stereocenters. The normalized spacial score (nSPS) is 10.7. The number of rotatable bonds is 7. The van der Waals surface area contributed by atoms with Crippen LogP contribution in [0.3, 0.4) is 0 Å². The largest absolute Gasteiger partial charge is 0.354 e. The van der Waals surface area contributed by atoms with Gasteiger partial charge < -0.3 is 10.2 Å². The molecule has 0 bridgehead atoms. The quantitative estimate of drug-likeness (QED) is 0.576. The van der Waals surface area contributed by atoms with Crippen LogP contribution in [0.15, 0.2) is 72.8 Å². The molecule has 0 aliphatic rings. The van der Waals surface area contributed by atoms with E-state index in [1.165, 1.54) is 0 Å². The van der Waals surface area contributed by atoms with Gasteiger partial charge in [0.15, 0.2) is 0 Å². The molecule has 0 aliphatic heterocycles. The number of nitrogens with zero attached hydrogens (tertiary/aromatic N) is 1. The highest BCUT2D eigenvalue weighted by molar-refractivity contribution is 6.06. The van der Waals surface area contributed by atoms with Crippen LogP contribution in [-0.4, -0.2) is 17.9 Å². The van der Waals surface area contributed by atoms with Crippen molar-refractivity contribution in [2.45, 2.75) is 46.7 Å². The monoisotopic (exact) mass is 414 g/mol. The van der Waals surface area contributed by atoms with Gasteiger partial charge in [0.2, 0.25) is 5.91 Å². The van der Waals surface area contributed by atoms with Crippen molar-refractivity contribution in [1.82, 2.24) is 5.32 Å².